The molecule has 2 N–H and O–H groups in total. The van der Waals surface area contributed by atoms with Crippen molar-refractivity contribution in [3.63, 3.8) is 0 Å². The Kier molecular flexibility index (Phi) is 5.31. The Morgan fingerprint density at radius 3 is 2.59 bits per heavy atom. The van der Waals surface area contributed by atoms with Gasteiger partial charge in [-0.2, -0.15) is 0 Å². The monoisotopic (exact) mass is 397 g/mol. The van der Waals surface area contributed by atoms with Crippen LogP contribution in [0.15, 0.2) is 40.8 Å². The number of nitrogens with zero attached hydrogens (tertiary/aromatic N) is 1. The zero-order chi connectivity index (χ0) is 20.4. The number of methoxy groups -OCH3 is 1. The van der Waals surface area contributed by atoms with Crippen molar-refractivity contribution in [2.75, 3.05) is 33.4 Å². The van der Waals surface area contributed by atoms with Gasteiger partial charge in [-0.3, -0.25) is 4.90 Å². The molecule has 1 aliphatic rings. The molecular weight excluding hydrogens is 374 g/mol. The average Bonchev–Trinajstić information content (AvgIpc) is 3.34. The minimum absolute atomic E-state index is 0.000606. The molecule has 0 radical (unpaired) electrons. The molecule has 0 spiro atoms. The molecule has 29 heavy (non-hydrogen) atoms. The molecule has 1 saturated heterocycles. The minimum Gasteiger partial charge on any atom is -0.507 e. The third kappa shape index (κ3) is 3.86. The van der Waals surface area contributed by atoms with Crippen molar-refractivity contribution in [2.45, 2.75) is 12.8 Å². The molecule has 3 aromatic rings. The lowest BCUT2D eigenvalue weighted by Gasteiger charge is -2.15. The third-order valence-corrected chi connectivity index (χ3v) is 5.20. The first kappa shape index (κ1) is 19.1. The van der Waals surface area contributed by atoms with Gasteiger partial charge in [0.1, 0.15) is 35.0 Å². The third-order valence-electron chi connectivity index (χ3n) is 5.20. The maximum atomic E-state index is 11.9. The van der Waals surface area contributed by atoms with Crippen molar-refractivity contribution in [1.82, 2.24) is 4.90 Å². The zero-order valence-corrected chi connectivity index (χ0v) is 16.2. The Hall–Kier alpha value is -3.19. The highest BCUT2D eigenvalue weighted by molar-refractivity contribution is 6.08. The maximum absolute atomic E-state index is 11.9. The molecule has 2 heterocycles. The van der Waals surface area contributed by atoms with Gasteiger partial charge >= 0.3 is 5.97 Å². The summed E-state index contributed by atoms with van der Waals surface area (Å²) < 4.78 is 16.7. The molecule has 0 bridgehead atoms. The van der Waals surface area contributed by atoms with Crippen LogP contribution < -0.4 is 9.47 Å². The van der Waals surface area contributed by atoms with Crippen LogP contribution in [0.5, 0.6) is 17.2 Å². The van der Waals surface area contributed by atoms with E-state index in [2.05, 4.69) is 4.90 Å². The van der Waals surface area contributed by atoms with Crippen LogP contribution in [-0.2, 0) is 0 Å². The van der Waals surface area contributed by atoms with Gasteiger partial charge in [0.15, 0.2) is 5.76 Å². The number of phenols is 1. The number of phenolic OH excluding ortho intramolecular Hbond substituents is 1. The van der Waals surface area contributed by atoms with E-state index in [0.29, 0.717) is 34.6 Å². The smallest absolute Gasteiger partial charge is 0.340 e. The fourth-order valence-corrected chi connectivity index (χ4v) is 3.70. The molecule has 0 saturated carbocycles. The summed E-state index contributed by atoms with van der Waals surface area (Å²) in [4.78, 5) is 14.2. The van der Waals surface area contributed by atoms with Gasteiger partial charge in [-0.25, -0.2) is 4.79 Å². The molecular formula is C22H23NO6. The van der Waals surface area contributed by atoms with Gasteiger partial charge in [0.25, 0.3) is 0 Å². The normalized spacial score (nSPS) is 14.4. The number of aromatic carboxylic acids is 1. The number of rotatable bonds is 7. The van der Waals surface area contributed by atoms with E-state index in [1.54, 1.807) is 30.3 Å². The number of furan rings is 1. The molecule has 7 nitrogen and oxygen atoms in total. The lowest BCUT2D eigenvalue weighted by atomic mass is 10.0. The molecule has 7 heteroatoms. The van der Waals surface area contributed by atoms with E-state index >= 15 is 0 Å². The second-order valence-corrected chi connectivity index (χ2v) is 7.05. The van der Waals surface area contributed by atoms with Crippen LogP contribution in [0.4, 0.5) is 0 Å². The fraction of sp³-hybridized carbons (Fsp3) is 0.318. The van der Waals surface area contributed by atoms with Crippen molar-refractivity contribution >= 4 is 16.9 Å². The summed E-state index contributed by atoms with van der Waals surface area (Å²) in [6.07, 6.45) is 2.45. The number of carboxylic acid groups (broad SMARTS) is 1. The first-order valence-corrected chi connectivity index (χ1v) is 9.59. The molecule has 0 unspecified atom stereocenters. The number of hydrogen-bond acceptors (Lipinski definition) is 6. The second-order valence-electron chi connectivity index (χ2n) is 7.05. The Morgan fingerprint density at radius 1 is 1.14 bits per heavy atom. The molecule has 1 fully saturated rings. The van der Waals surface area contributed by atoms with Crippen LogP contribution in [0.1, 0.15) is 23.2 Å². The predicted octanol–water partition coefficient (Wildman–Crippen LogP) is 3.99. The van der Waals surface area contributed by atoms with Crippen LogP contribution in [0.3, 0.4) is 0 Å². The second kappa shape index (κ2) is 8.05. The number of carbonyl (C=O) groups is 1. The molecule has 2 aromatic carbocycles. The van der Waals surface area contributed by atoms with E-state index in [1.807, 2.05) is 0 Å². The van der Waals surface area contributed by atoms with E-state index in [-0.39, 0.29) is 17.1 Å². The predicted molar refractivity (Wildman–Crippen MR) is 108 cm³/mol. The number of ether oxygens (including phenoxy) is 2. The molecule has 0 amide bonds. The van der Waals surface area contributed by atoms with Gasteiger partial charge < -0.3 is 24.1 Å². The number of benzene rings is 2. The van der Waals surface area contributed by atoms with E-state index in [1.165, 1.54) is 26.0 Å². The van der Waals surface area contributed by atoms with E-state index < -0.39 is 5.97 Å². The SMILES string of the molecule is COc1ccc2c(C(=O)O)c(-c3ccc(OCCN4CCCC4)cc3O)oc2c1. The molecule has 1 aliphatic heterocycles. The van der Waals surface area contributed by atoms with Crippen LogP contribution in [-0.4, -0.2) is 54.4 Å². The minimum atomic E-state index is -1.13. The first-order valence-electron chi connectivity index (χ1n) is 9.59. The Labute approximate surface area is 168 Å². The number of aromatic hydroxyl groups is 1. The van der Waals surface area contributed by atoms with E-state index in [0.717, 1.165) is 19.6 Å². The van der Waals surface area contributed by atoms with Crippen molar-refractivity contribution in [3.05, 3.63) is 42.0 Å². The number of carboxylic acids is 1. The summed E-state index contributed by atoms with van der Waals surface area (Å²) in [6, 6.07) is 9.74. The standard InChI is InChI=1S/C22H23NO6/c1-27-14-4-7-17-19(13-14)29-21(20(17)22(25)26)16-6-5-15(12-18(16)24)28-11-10-23-8-2-3-9-23/h4-7,12-13,24H,2-3,8-11H2,1H3,(H,25,26). The summed E-state index contributed by atoms with van der Waals surface area (Å²) in [6.45, 7) is 3.57. The summed E-state index contributed by atoms with van der Waals surface area (Å²) in [5, 5.41) is 20.7. The Balaban J connectivity index is 1.61. The van der Waals surface area contributed by atoms with Gasteiger partial charge in [0.2, 0.25) is 0 Å². The van der Waals surface area contributed by atoms with Gasteiger partial charge in [0.05, 0.1) is 12.7 Å². The lowest BCUT2D eigenvalue weighted by molar-refractivity contribution is 0.0699. The molecule has 0 atom stereocenters. The lowest BCUT2D eigenvalue weighted by Crippen LogP contribution is -2.25. The molecule has 0 aliphatic carbocycles. The van der Waals surface area contributed by atoms with E-state index in [9.17, 15) is 15.0 Å². The van der Waals surface area contributed by atoms with Crippen LogP contribution in [0.25, 0.3) is 22.3 Å². The fourth-order valence-electron chi connectivity index (χ4n) is 3.70. The summed E-state index contributed by atoms with van der Waals surface area (Å²) in [5.74, 6) is -0.0471. The summed E-state index contributed by atoms with van der Waals surface area (Å²) >= 11 is 0. The highest BCUT2D eigenvalue weighted by Gasteiger charge is 2.24. The van der Waals surface area contributed by atoms with E-state index in [4.69, 9.17) is 13.9 Å². The maximum Gasteiger partial charge on any atom is 0.340 e. The summed E-state index contributed by atoms with van der Waals surface area (Å²) in [5.41, 5.74) is 0.673. The molecule has 152 valence electrons. The van der Waals surface area contributed by atoms with Crippen LogP contribution >= 0.6 is 0 Å². The number of fused-ring (bicyclic) bond motifs is 1. The average molecular weight is 397 g/mol. The van der Waals surface area contributed by atoms with Gasteiger partial charge in [-0.1, -0.05) is 0 Å². The molecule has 1 aromatic heterocycles. The number of hydrogen-bond donors (Lipinski definition) is 2. The van der Waals surface area contributed by atoms with Crippen molar-refractivity contribution in [2.24, 2.45) is 0 Å². The van der Waals surface area contributed by atoms with Crippen molar-refractivity contribution in [3.8, 4) is 28.6 Å². The zero-order valence-electron chi connectivity index (χ0n) is 16.2. The first-order chi connectivity index (χ1) is 14.1. The largest absolute Gasteiger partial charge is 0.507 e. The van der Waals surface area contributed by atoms with Crippen LogP contribution in [0, 0.1) is 0 Å². The molecule has 4 rings (SSSR count). The topological polar surface area (TPSA) is 92.4 Å². The van der Waals surface area contributed by atoms with Crippen molar-refractivity contribution in [1.29, 1.82) is 0 Å². The van der Waals surface area contributed by atoms with Gasteiger partial charge in [-0.05, 0) is 50.2 Å². The Bertz CT molecular complexity index is 1040. The highest BCUT2D eigenvalue weighted by Crippen LogP contribution is 2.40. The highest BCUT2D eigenvalue weighted by atomic mass is 16.5. The van der Waals surface area contributed by atoms with Crippen LogP contribution in [0.2, 0.25) is 0 Å². The summed E-state index contributed by atoms with van der Waals surface area (Å²) in [7, 11) is 1.53. The van der Waals surface area contributed by atoms with Crippen molar-refractivity contribution < 1.29 is 28.9 Å². The van der Waals surface area contributed by atoms with Gasteiger partial charge in [0, 0.05) is 24.1 Å². The number of likely N-dealkylation sites (tertiary alicyclic amines) is 1. The Morgan fingerprint density at radius 2 is 1.90 bits per heavy atom. The van der Waals surface area contributed by atoms with Gasteiger partial charge in [-0.15, -0.1) is 0 Å². The quantitative estimate of drug-likeness (QED) is 0.623.